The second-order valence-corrected chi connectivity index (χ2v) is 3.22. The highest BCUT2D eigenvalue weighted by molar-refractivity contribution is 5.84. The van der Waals surface area contributed by atoms with Crippen LogP contribution in [-0.2, 0) is 0 Å². The number of aromatic nitrogens is 3. The fourth-order valence-corrected chi connectivity index (χ4v) is 1.15. The van der Waals surface area contributed by atoms with E-state index in [-0.39, 0.29) is 0 Å². The summed E-state index contributed by atoms with van der Waals surface area (Å²) < 4.78 is 0. The number of nitrogens with one attached hydrogen (secondary N) is 1. The number of fused-ring (bicyclic) bond motifs is 1. The third-order valence-corrected chi connectivity index (χ3v) is 1.73. The van der Waals surface area contributed by atoms with Crippen LogP contribution in [-0.4, -0.2) is 27.2 Å². The smallest absolute Gasteiger partial charge is 0.203 e. The first-order chi connectivity index (χ1) is 6.08. The average molecular weight is 178 g/mol. The zero-order valence-electron chi connectivity index (χ0n) is 7.15. The summed E-state index contributed by atoms with van der Waals surface area (Å²) in [6, 6.07) is 0. The summed E-state index contributed by atoms with van der Waals surface area (Å²) in [6.07, 6.45) is 3.29. The van der Waals surface area contributed by atoms with Gasteiger partial charge in [-0.25, -0.2) is 4.99 Å². The van der Waals surface area contributed by atoms with Crippen LogP contribution >= 0.6 is 0 Å². The molecule has 0 radical (unpaired) electrons. The standard InChI is InChI=1S/C7H10N6/c1-7(9)2-4(8)5-6(10-3-7)12-13-11-5/h2-3H,8-9H2,1H3,(H,11,12,13). The van der Waals surface area contributed by atoms with Crippen molar-refractivity contribution in [3.63, 3.8) is 0 Å². The van der Waals surface area contributed by atoms with Crippen LogP contribution in [0.2, 0.25) is 0 Å². The summed E-state index contributed by atoms with van der Waals surface area (Å²) in [4.78, 5) is 4.06. The molecule has 0 aliphatic carbocycles. The molecule has 68 valence electrons. The molecular formula is C7H10N6. The number of aromatic amines is 1. The second kappa shape index (κ2) is 2.40. The van der Waals surface area contributed by atoms with Crippen molar-refractivity contribution in [2.24, 2.45) is 16.5 Å². The number of hydrogen-bond donors (Lipinski definition) is 3. The first-order valence-electron chi connectivity index (χ1n) is 3.82. The molecule has 2 heterocycles. The minimum Gasteiger partial charge on any atom is -0.397 e. The molecule has 0 spiro atoms. The number of aliphatic imine (C=N–C) groups is 1. The largest absolute Gasteiger partial charge is 0.397 e. The van der Waals surface area contributed by atoms with Crippen LogP contribution in [0.4, 0.5) is 5.82 Å². The summed E-state index contributed by atoms with van der Waals surface area (Å²) in [5.41, 5.74) is 12.0. The van der Waals surface area contributed by atoms with Crippen molar-refractivity contribution in [3.8, 4) is 0 Å². The van der Waals surface area contributed by atoms with Crippen molar-refractivity contribution >= 4 is 17.7 Å². The van der Waals surface area contributed by atoms with Crippen LogP contribution < -0.4 is 11.5 Å². The van der Waals surface area contributed by atoms with Crippen LogP contribution in [0.25, 0.3) is 5.70 Å². The molecule has 0 fully saturated rings. The molecule has 6 nitrogen and oxygen atoms in total. The molecule has 1 atom stereocenters. The van der Waals surface area contributed by atoms with Crippen molar-refractivity contribution in [2.75, 3.05) is 0 Å². The zero-order valence-corrected chi connectivity index (χ0v) is 7.15. The molecular weight excluding hydrogens is 168 g/mol. The number of nitrogens with zero attached hydrogens (tertiary/aromatic N) is 3. The van der Waals surface area contributed by atoms with Crippen molar-refractivity contribution in [3.05, 3.63) is 11.8 Å². The predicted molar refractivity (Wildman–Crippen MR) is 49.3 cm³/mol. The normalized spacial score (nSPS) is 26.5. The van der Waals surface area contributed by atoms with Gasteiger partial charge in [0.05, 0.1) is 11.2 Å². The Kier molecular flexibility index (Phi) is 1.46. The fourth-order valence-electron chi connectivity index (χ4n) is 1.15. The second-order valence-electron chi connectivity index (χ2n) is 3.22. The van der Waals surface area contributed by atoms with E-state index in [1.807, 2.05) is 0 Å². The van der Waals surface area contributed by atoms with Gasteiger partial charge in [0.2, 0.25) is 5.82 Å². The van der Waals surface area contributed by atoms with Gasteiger partial charge in [0.15, 0.2) is 5.69 Å². The van der Waals surface area contributed by atoms with Crippen molar-refractivity contribution < 1.29 is 0 Å². The molecule has 1 aromatic rings. The average Bonchev–Trinajstić information content (AvgIpc) is 2.43. The Morgan fingerprint density at radius 1 is 1.46 bits per heavy atom. The maximum atomic E-state index is 5.84. The Bertz CT molecular complexity index is 385. The molecule has 1 aliphatic heterocycles. The summed E-state index contributed by atoms with van der Waals surface area (Å²) in [7, 11) is 0. The van der Waals surface area contributed by atoms with Gasteiger partial charge in [-0.15, -0.1) is 5.10 Å². The van der Waals surface area contributed by atoms with Gasteiger partial charge in [-0.3, -0.25) is 0 Å². The summed E-state index contributed by atoms with van der Waals surface area (Å²) in [5, 5.41) is 10.1. The van der Waals surface area contributed by atoms with E-state index in [2.05, 4.69) is 20.4 Å². The molecule has 0 saturated carbocycles. The lowest BCUT2D eigenvalue weighted by Gasteiger charge is -2.12. The van der Waals surface area contributed by atoms with Gasteiger partial charge in [0.1, 0.15) is 0 Å². The van der Waals surface area contributed by atoms with Crippen molar-refractivity contribution in [1.82, 2.24) is 15.4 Å². The molecule has 0 bridgehead atoms. The van der Waals surface area contributed by atoms with Crippen LogP contribution in [0.3, 0.4) is 0 Å². The third-order valence-electron chi connectivity index (χ3n) is 1.73. The Balaban J connectivity index is 2.58. The van der Waals surface area contributed by atoms with Crippen LogP contribution in [0, 0.1) is 0 Å². The minimum atomic E-state index is -0.639. The quantitative estimate of drug-likeness (QED) is 0.499. The molecule has 0 saturated heterocycles. The van der Waals surface area contributed by atoms with E-state index in [0.29, 0.717) is 17.2 Å². The monoisotopic (exact) mass is 178 g/mol. The van der Waals surface area contributed by atoms with Crippen LogP contribution in [0.5, 0.6) is 0 Å². The molecule has 5 N–H and O–H groups in total. The molecule has 1 aromatic heterocycles. The Hall–Kier alpha value is -1.69. The Morgan fingerprint density at radius 3 is 3.00 bits per heavy atom. The van der Waals surface area contributed by atoms with E-state index in [0.717, 1.165) is 0 Å². The summed E-state index contributed by atoms with van der Waals surface area (Å²) in [6.45, 7) is 1.80. The first-order valence-corrected chi connectivity index (χ1v) is 3.82. The van der Waals surface area contributed by atoms with Gasteiger partial charge < -0.3 is 11.5 Å². The van der Waals surface area contributed by atoms with Crippen LogP contribution in [0.15, 0.2) is 11.1 Å². The summed E-state index contributed by atoms with van der Waals surface area (Å²) >= 11 is 0. The van der Waals surface area contributed by atoms with Gasteiger partial charge >= 0.3 is 0 Å². The minimum absolute atomic E-state index is 0.475. The van der Waals surface area contributed by atoms with Gasteiger partial charge in [0, 0.05) is 6.21 Å². The van der Waals surface area contributed by atoms with E-state index in [1.54, 1.807) is 19.2 Å². The number of nitrogens with two attached hydrogens (primary N) is 2. The lowest BCUT2D eigenvalue weighted by molar-refractivity contribution is 0.800. The molecule has 1 unspecified atom stereocenters. The van der Waals surface area contributed by atoms with Crippen LogP contribution in [0.1, 0.15) is 12.6 Å². The predicted octanol–water partition coefficient (Wildman–Crippen LogP) is -0.462. The van der Waals surface area contributed by atoms with E-state index in [4.69, 9.17) is 11.5 Å². The zero-order chi connectivity index (χ0) is 9.47. The Morgan fingerprint density at radius 2 is 2.23 bits per heavy atom. The van der Waals surface area contributed by atoms with Crippen molar-refractivity contribution in [1.29, 1.82) is 0 Å². The highest BCUT2D eigenvalue weighted by Gasteiger charge is 2.20. The number of hydrogen-bond acceptors (Lipinski definition) is 5. The topological polar surface area (TPSA) is 106 Å². The van der Waals surface area contributed by atoms with Gasteiger partial charge in [-0.1, -0.05) is 0 Å². The van der Waals surface area contributed by atoms with Gasteiger partial charge in [-0.05, 0) is 13.0 Å². The molecule has 6 heteroatoms. The third kappa shape index (κ3) is 1.31. The highest BCUT2D eigenvalue weighted by Crippen LogP contribution is 2.22. The molecule has 0 aromatic carbocycles. The fraction of sp³-hybridized carbons (Fsp3) is 0.286. The lowest BCUT2D eigenvalue weighted by Crippen LogP contribution is -2.35. The SMILES string of the molecule is CC1(N)C=Nc2n[nH]nc2C(N)=C1. The molecule has 0 amide bonds. The number of rotatable bonds is 0. The van der Waals surface area contributed by atoms with Crippen molar-refractivity contribution in [2.45, 2.75) is 12.5 Å². The van der Waals surface area contributed by atoms with E-state index >= 15 is 0 Å². The van der Waals surface area contributed by atoms with Gasteiger partial charge in [0.25, 0.3) is 0 Å². The number of H-pyrrole nitrogens is 1. The van der Waals surface area contributed by atoms with E-state index < -0.39 is 5.54 Å². The summed E-state index contributed by atoms with van der Waals surface area (Å²) in [5.74, 6) is 0.475. The Labute approximate surface area is 74.7 Å². The van der Waals surface area contributed by atoms with E-state index in [1.165, 1.54) is 0 Å². The highest BCUT2D eigenvalue weighted by atomic mass is 15.4. The first kappa shape index (κ1) is 7.93. The molecule has 1 aliphatic rings. The van der Waals surface area contributed by atoms with Gasteiger partial charge in [-0.2, -0.15) is 10.3 Å². The van der Waals surface area contributed by atoms with E-state index in [9.17, 15) is 0 Å². The molecule has 2 rings (SSSR count). The maximum Gasteiger partial charge on any atom is 0.203 e. The lowest BCUT2D eigenvalue weighted by atomic mass is 10.0. The maximum absolute atomic E-state index is 5.84. The molecule has 13 heavy (non-hydrogen) atoms.